The molecule has 0 saturated heterocycles. The van der Waals surface area contributed by atoms with Crippen molar-refractivity contribution in [2.45, 2.75) is 45.8 Å². The normalized spacial score (nSPS) is 31.4. The molecule has 1 saturated carbocycles. The van der Waals surface area contributed by atoms with Gasteiger partial charge in [0.05, 0.1) is 12.2 Å². The van der Waals surface area contributed by atoms with E-state index in [2.05, 4.69) is 6.92 Å². The van der Waals surface area contributed by atoms with Crippen LogP contribution in [0.15, 0.2) is 47.1 Å². The molecule has 2 aliphatic carbocycles. The monoisotopic (exact) mass is 394 g/mol. The van der Waals surface area contributed by atoms with Crippen molar-refractivity contribution in [2.75, 3.05) is 0 Å². The lowest BCUT2D eigenvalue weighted by Crippen LogP contribution is -2.53. The van der Waals surface area contributed by atoms with Crippen LogP contribution < -0.4 is 0 Å². The molecule has 0 aliphatic heterocycles. The molecule has 2 aliphatic rings. The Balaban J connectivity index is 1.72. The third-order valence-corrected chi connectivity index (χ3v) is 6.81. The number of furan rings is 1. The van der Waals surface area contributed by atoms with Crippen molar-refractivity contribution < 1.29 is 23.8 Å². The van der Waals surface area contributed by atoms with Crippen molar-refractivity contribution in [1.82, 2.24) is 0 Å². The summed E-state index contributed by atoms with van der Waals surface area (Å²) < 4.78 is 11.6. The van der Waals surface area contributed by atoms with Gasteiger partial charge in [0.15, 0.2) is 0 Å². The summed E-state index contributed by atoms with van der Waals surface area (Å²) in [4.78, 5) is 25.5. The van der Waals surface area contributed by atoms with Crippen molar-refractivity contribution in [3.63, 3.8) is 0 Å². The van der Waals surface area contributed by atoms with Gasteiger partial charge in [-0.25, -0.2) is 4.79 Å². The smallest absolute Gasteiger partial charge is 0.331 e. The van der Waals surface area contributed by atoms with Crippen LogP contribution in [0.4, 0.5) is 0 Å². The van der Waals surface area contributed by atoms with E-state index in [9.17, 15) is 14.7 Å². The summed E-state index contributed by atoms with van der Waals surface area (Å²) in [5, 5.41) is 11.0. The summed E-state index contributed by atoms with van der Waals surface area (Å²) in [5.74, 6) is -0.693. The van der Waals surface area contributed by atoms with Crippen molar-refractivity contribution >= 4 is 17.8 Å². The van der Waals surface area contributed by atoms with Crippen LogP contribution >= 0.6 is 0 Å². The Bertz CT molecular complexity index is 957. The molecule has 5 atom stereocenters. The van der Waals surface area contributed by atoms with E-state index in [1.54, 1.807) is 12.3 Å². The van der Waals surface area contributed by atoms with Gasteiger partial charge < -0.3 is 14.3 Å². The molecule has 0 amide bonds. The molecule has 0 radical (unpaired) electrons. The zero-order chi connectivity index (χ0) is 20.8. The molecule has 0 bridgehead atoms. The Kier molecular flexibility index (Phi) is 4.95. The van der Waals surface area contributed by atoms with Crippen molar-refractivity contribution in [3.05, 3.63) is 65.1 Å². The van der Waals surface area contributed by atoms with Crippen LogP contribution in [0.3, 0.4) is 0 Å². The van der Waals surface area contributed by atoms with Crippen LogP contribution in [-0.2, 0) is 14.3 Å². The number of carbonyl (C=O) groups is 2. The molecular formula is C24H26O5. The number of fused-ring (bicyclic) bond motifs is 2. The molecule has 5 nitrogen and oxygen atoms in total. The average Bonchev–Trinajstić information content (AvgIpc) is 3.09. The third kappa shape index (κ3) is 3.14. The number of carbonyl (C=O) groups excluding carboxylic acids is 2. The Morgan fingerprint density at radius 1 is 1.31 bits per heavy atom. The predicted molar refractivity (Wildman–Crippen MR) is 108 cm³/mol. The highest BCUT2D eigenvalue weighted by atomic mass is 16.5. The molecule has 5 unspecified atom stereocenters. The van der Waals surface area contributed by atoms with E-state index in [0.717, 1.165) is 11.1 Å². The van der Waals surface area contributed by atoms with Gasteiger partial charge in [-0.05, 0) is 36.5 Å². The van der Waals surface area contributed by atoms with Crippen LogP contribution in [0, 0.1) is 24.2 Å². The van der Waals surface area contributed by atoms with E-state index in [1.165, 1.54) is 6.08 Å². The fourth-order valence-corrected chi connectivity index (χ4v) is 4.99. The quantitative estimate of drug-likeness (QED) is 0.610. The number of ketones is 1. The van der Waals surface area contributed by atoms with Gasteiger partial charge in [-0.15, -0.1) is 0 Å². The summed E-state index contributed by atoms with van der Waals surface area (Å²) in [6.07, 6.45) is 4.12. The Hall–Kier alpha value is -2.66. The molecule has 1 N–H and O–H groups in total. The summed E-state index contributed by atoms with van der Waals surface area (Å²) in [6, 6.07) is 9.51. The number of esters is 1. The maximum atomic E-state index is 12.8. The highest BCUT2D eigenvalue weighted by Gasteiger charge is 2.61. The second-order valence-corrected chi connectivity index (χ2v) is 8.45. The summed E-state index contributed by atoms with van der Waals surface area (Å²) in [7, 11) is 0. The number of benzene rings is 1. The molecule has 29 heavy (non-hydrogen) atoms. The summed E-state index contributed by atoms with van der Waals surface area (Å²) in [5.41, 5.74) is 1.70. The molecule has 1 heterocycles. The molecule has 0 spiro atoms. The molecule has 2 aromatic rings. The summed E-state index contributed by atoms with van der Waals surface area (Å²) >= 11 is 0. The maximum Gasteiger partial charge on any atom is 0.331 e. The van der Waals surface area contributed by atoms with E-state index >= 15 is 0 Å². The van der Waals surface area contributed by atoms with Crippen LogP contribution in [0.25, 0.3) is 6.08 Å². The van der Waals surface area contributed by atoms with Gasteiger partial charge in [-0.3, -0.25) is 4.79 Å². The molecular weight excluding hydrogens is 368 g/mol. The number of Topliss-reactive ketones (excluding diaryl/α,β-unsaturated/α-hetero) is 1. The first-order chi connectivity index (χ1) is 13.8. The van der Waals surface area contributed by atoms with E-state index in [-0.39, 0.29) is 11.7 Å². The minimum Gasteiger partial charge on any atom is -0.466 e. The number of aliphatic hydroxyl groups is 1. The van der Waals surface area contributed by atoms with Gasteiger partial charge in [0.25, 0.3) is 0 Å². The lowest BCUT2D eigenvalue weighted by atomic mass is 9.53. The van der Waals surface area contributed by atoms with Crippen LogP contribution in [0.2, 0.25) is 0 Å². The maximum absolute atomic E-state index is 12.8. The fraction of sp³-hybridized carbons (Fsp3) is 0.417. The predicted octanol–water partition coefficient (Wildman–Crippen LogP) is 4.55. The lowest BCUT2D eigenvalue weighted by Gasteiger charge is -2.53. The first kappa shape index (κ1) is 19.6. The van der Waals surface area contributed by atoms with Crippen LogP contribution in [-0.4, -0.2) is 16.9 Å². The van der Waals surface area contributed by atoms with Crippen LogP contribution in [0.5, 0.6) is 0 Å². The SMILES string of the molecule is Cc1coc2c1C(OC(=O)C=Cc1ccccc1)C1(C)C(C)CCC(=O)C1C2O. The largest absolute Gasteiger partial charge is 0.466 e. The highest BCUT2D eigenvalue weighted by molar-refractivity contribution is 5.88. The van der Waals surface area contributed by atoms with Crippen molar-refractivity contribution in [3.8, 4) is 0 Å². The Morgan fingerprint density at radius 3 is 2.76 bits per heavy atom. The van der Waals surface area contributed by atoms with Crippen molar-refractivity contribution in [2.24, 2.45) is 17.3 Å². The minimum absolute atomic E-state index is 0.00122. The average molecular weight is 394 g/mol. The fourth-order valence-electron chi connectivity index (χ4n) is 4.99. The number of aliphatic hydroxyl groups excluding tert-OH is 1. The van der Waals surface area contributed by atoms with E-state index in [0.29, 0.717) is 24.2 Å². The topological polar surface area (TPSA) is 76.7 Å². The zero-order valence-corrected chi connectivity index (χ0v) is 16.9. The number of hydrogen-bond acceptors (Lipinski definition) is 5. The molecule has 1 fully saturated rings. The first-order valence-corrected chi connectivity index (χ1v) is 10.1. The van der Waals surface area contributed by atoms with Gasteiger partial charge in [-0.1, -0.05) is 44.2 Å². The number of ether oxygens (including phenoxy) is 1. The van der Waals surface area contributed by atoms with Gasteiger partial charge >= 0.3 is 5.97 Å². The zero-order valence-electron chi connectivity index (χ0n) is 16.9. The van der Waals surface area contributed by atoms with Crippen molar-refractivity contribution in [1.29, 1.82) is 0 Å². The first-order valence-electron chi connectivity index (χ1n) is 10.1. The van der Waals surface area contributed by atoms with E-state index in [1.807, 2.05) is 44.2 Å². The number of aryl methyl sites for hydroxylation is 1. The minimum atomic E-state index is -1.02. The Labute approximate surface area is 170 Å². The second kappa shape index (κ2) is 7.30. The van der Waals surface area contributed by atoms with Crippen LogP contribution in [0.1, 0.15) is 61.3 Å². The molecule has 1 aromatic carbocycles. The molecule has 5 heteroatoms. The Morgan fingerprint density at radius 2 is 2.03 bits per heavy atom. The highest BCUT2D eigenvalue weighted by Crippen LogP contribution is 2.61. The lowest BCUT2D eigenvalue weighted by molar-refractivity contribution is -0.180. The standard InChI is InChI=1S/C24H26O5/c1-14-13-28-22-19(14)23(29-18(26)12-10-16-7-5-4-6-8-16)24(3)15(2)9-11-17(25)20(24)21(22)27/h4-8,10,12-13,15,20-21,23,27H,9,11H2,1-3H3. The number of rotatable bonds is 3. The second-order valence-electron chi connectivity index (χ2n) is 8.45. The van der Waals surface area contributed by atoms with E-state index in [4.69, 9.17) is 9.15 Å². The summed E-state index contributed by atoms with van der Waals surface area (Å²) in [6.45, 7) is 5.89. The molecule has 152 valence electrons. The molecule has 1 aromatic heterocycles. The van der Waals surface area contributed by atoms with E-state index < -0.39 is 29.5 Å². The third-order valence-electron chi connectivity index (χ3n) is 6.81. The van der Waals surface area contributed by atoms with Gasteiger partial charge in [-0.2, -0.15) is 0 Å². The van der Waals surface area contributed by atoms with Gasteiger partial charge in [0, 0.05) is 23.5 Å². The molecule has 4 rings (SSSR count). The van der Waals surface area contributed by atoms with Gasteiger partial charge in [0.2, 0.25) is 0 Å². The van der Waals surface area contributed by atoms with Gasteiger partial charge in [0.1, 0.15) is 23.8 Å². The number of hydrogen-bond donors (Lipinski definition) is 1.